The van der Waals surface area contributed by atoms with Crippen molar-refractivity contribution in [2.45, 2.75) is 25.3 Å². The first kappa shape index (κ1) is 8.08. The van der Waals surface area contributed by atoms with Crippen LogP contribution in [0.25, 0.3) is 0 Å². The van der Waals surface area contributed by atoms with E-state index < -0.39 is 0 Å². The van der Waals surface area contributed by atoms with Gasteiger partial charge in [-0.25, -0.2) is 4.79 Å². The second-order valence-electron chi connectivity index (χ2n) is 3.23. The number of rotatable bonds is 2. The molecule has 13 heavy (non-hydrogen) atoms. The molecule has 0 bridgehead atoms. The molecule has 1 fully saturated rings. The van der Waals surface area contributed by atoms with E-state index in [0.29, 0.717) is 0 Å². The van der Waals surface area contributed by atoms with Gasteiger partial charge in [-0.1, -0.05) is 0 Å². The van der Waals surface area contributed by atoms with Crippen LogP contribution in [-0.2, 0) is 10.3 Å². The third-order valence-corrected chi connectivity index (χ3v) is 2.31. The Morgan fingerprint density at radius 2 is 2.15 bits per heavy atom. The van der Waals surface area contributed by atoms with Crippen LogP contribution >= 0.6 is 0 Å². The lowest BCUT2D eigenvalue weighted by atomic mass is 10.1. The van der Waals surface area contributed by atoms with E-state index in [1.54, 1.807) is 18.5 Å². The number of aliphatic imine (C=N–C) groups is 1. The minimum atomic E-state index is -0.389. The Hall–Kier alpha value is -1.54. The molecule has 0 N–H and O–H groups in total. The SMILES string of the molecule is Cc1nccnc1C1(N=C=O)CC1. The number of hydrogen-bond donors (Lipinski definition) is 0. The first-order chi connectivity index (χ1) is 6.28. The van der Waals surface area contributed by atoms with E-state index in [2.05, 4.69) is 15.0 Å². The highest BCUT2D eigenvalue weighted by atomic mass is 16.1. The van der Waals surface area contributed by atoms with Gasteiger partial charge in [-0.3, -0.25) is 9.97 Å². The number of hydrogen-bond acceptors (Lipinski definition) is 4. The minimum Gasteiger partial charge on any atom is -0.258 e. The molecule has 0 aliphatic heterocycles. The van der Waals surface area contributed by atoms with Gasteiger partial charge in [0.1, 0.15) is 5.54 Å². The Morgan fingerprint density at radius 3 is 2.69 bits per heavy atom. The predicted octanol–water partition coefficient (Wildman–Crippen LogP) is 1.11. The minimum absolute atomic E-state index is 0.389. The molecule has 0 amide bonds. The van der Waals surface area contributed by atoms with E-state index in [9.17, 15) is 4.79 Å². The highest BCUT2D eigenvalue weighted by molar-refractivity contribution is 5.40. The van der Waals surface area contributed by atoms with Crippen LogP contribution < -0.4 is 0 Å². The summed E-state index contributed by atoms with van der Waals surface area (Å²) in [5.41, 5.74) is 1.28. The smallest absolute Gasteiger partial charge is 0.235 e. The molecular weight excluding hydrogens is 166 g/mol. The molecule has 0 aromatic carbocycles. The third-order valence-electron chi connectivity index (χ3n) is 2.31. The highest BCUT2D eigenvalue weighted by Gasteiger charge is 2.47. The van der Waals surface area contributed by atoms with Crippen LogP contribution in [0.5, 0.6) is 0 Å². The first-order valence-corrected chi connectivity index (χ1v) is 4.16. The molecule has 0 saturated heterocycles. The number of nitrogens with zero attached hydrogens (tertiary/aromatic N) is 3. The van der Waals surface area contributed by atoms with Crippen molar-refractivity contribution in [3.8, 4) is 0 Å². The molecule has 0 unspecified atom stereocenters. The average Bonchev–Trinajstić information content (AvgIpc) is 2.87. The Morgan fingerprint density at radius 1 is 1.46 bits per heavy atom. The van der Waals surface area contributed by atoms with E-state index >= 15 is 0 Å². The molecular formula is C9H9N3O. The molecule has 2 rings (SSSR count). The molecule has 1 aromatic heterocycles. The predicted molar refractivity (Wildman–Crippen MR) is 45.8 cm³/mol. The number of aromatic nitrogens is 2. The fourth-order valence-electron chi connectivity index (χ4n) is 1.47. The van der Waals surface area contributed by atoms with Crippen molar-refractivity contribution in [3.05, 3.63) is 23.8 Å². The summed E-state index contributed by atoms with van der Waals surface area (Å²) >= 11 is 0. The van der Waals surface area contributed by atoms with Crippen LogP contribution in [0, 0.1) is 6.92 Å². The van der Waals surface area contributed by atoms with Crippen LogP contribution in [0.15, 0.2) is 17.4 Å². The fraction of sp³-hybridized carbons (Fsp3) is 0.444. The maximum Gasteiger partial charge on any atom is 0.235 e. The lowest BCUT2D eigenvalue weighted by molar-refractivity contribution is 0.554. The molecule has 0 atom stereocenters. The van der Waals surface area contributed by atoms with Gasteiger partial charge in [0, 0.05) is 12.4 Å². The van der Waals surface area contributed by atoms with Crippen molar-refractivity contribution in [1.82, 2.24) is 9.97 Å². The van der Waals surface area contributed by atoms with Gasteiger partial charge in [-0.05, 0) is 19.8 Å². The second-order valence-corrected chi connectivity index (χ2v) is 3.23. The normalized spacial score (nSPS) is 17.6. The average molecular weight is 175 g/mol. The van der Waals surface area contributed by atoms with E-state index in [1.165, 1.54) is 0 Å². The van der Waals surface area contributed by atoms with Crippen LogP contribution in [0.2, 0.25) is 0 Å². The summed E-state index contributed by atoms with van der Waals surface area (Å²) in [5.74, 6) is 0. The topological polar surface area (TPSA) is 55.2 Å². The van der Waals surface area contributed by atoms with Crippen molar-refractivity contribution in [2.75, 3.05) is 0 Å². The second kappa shape index (κ2) is 2.75. The molecule has 1 aromatic rings. The van der Waals surface area contributed by atoms with E-state index in [1.807, 2.05) is 6.92 Å². The number of isocyanates is 1. The summed E-state index contributed by atoms with van der Waals surface area (Å²) in [6.07, 6.45) is 6.62. The number of aryl methyl sites for hydroxylation is 1. The van der Waals surface area contributed by atoms with Gasteiger partial charge in [-0.15, -0.1) is 0 Å². The summed E-state index contributed by atoms with van der Waals surface area (Å²) in [4.78, 5) is 22.3. The summed E-state index contributed by atoms with van der Waals surface area (Å²) < 4.78 is 0. The van der Waals surface area contributed by atoms with Gasteiger partial charge in [0.15, 0.2) is 0 Å². The van der Waals surface area contributed by atoms with Crippen molar-refractivity contribution in [3.63, 3.8) is 0 Å². The third kappa shape index (κ3) is 1.25. The Balaban J connectivity index is 2.46. The molecule has 4 heteroatoms. The molecule has 0 radical (unpaired) electrons. The van der Waals surface area contributed by atoms with Gasteiger partial charge in [0.2, 0.25) is 6.08 Å². The van der Waals surface area contributed by atoms with Gasteiger partial charge in [0.05, 0.1) is 11.4 Å². The lowest BCUT2D eigenvalue weighted by Crippen LogP contribution is -2.08. The zero-order valence-corrected chi connectivity index (χ0v) is 7.32. The molecule has 66 valence electrons. The highest BCUT2D eigenvalue weighted by Crippen LogP contribution is 2.48. The maximum absolute atomic E-state index is 10.2. The summed E-state index contributed by atoms with van der Waals surface area (Å²) in [7, 11) is 0. The van der Waals surface area contributed by atoms with Gasteiger partial charge < -0.3 is 0 Å². The summed E-state index contributed by atoms with van der Waals surface area (Å²) in [6, 6.07) is 0. The van der Waals surface area contributed by atoms with E-state index in [4.69, 9.17) is 0 Å². The van der Waals surface area contributed by atoms with Gasteiger partial charge in [-0.2, -0.15) is 4.99 Å². The van der Waals surface area contributed by atoms with Crippen LogP contribution in [0.4, 0.5) is 0 Å². The van der Waals surface area contributed by atoms with Crippen molar-refractivity contribution in [2.24, 2.45) is 4.99 Å². The molecule has 1 saturated carbocycles. The Bertz CT molecular complexity index is 378. The summed E-state index contributed by atoms with van der Waals surface area (Å²) in [5, 5.41) is 0. The molecule has 4 nitrogen and oxygen atoms in total. The van der Waals surface area contributed by atoms with E-state index in [-0.39, 0.29) is 5.54 Å². The largest absolute Gasteiger partial charge is 0.258 e. The van der Waals surface area contributed by atoms with Gasteiger partial charge in [0.25, 0.3) is 0 Å². The molecule has 1 heterocycles. The first-order valence-electron chi connectivity index (χ1n) is 4.16. The molecule has 1 aliphatic rings. The van der Waals surface area contributed by atoms with E-state index in [0.717, 1.165) is 24.2 Å². The van der Waals surface area contributed by atoms with Crippen molar-refractivity contribution in [1.29, 1.82) is 0 Å². The fourth-order valence-corrected chi connectivity index (χ4v) is 1.47. The monoisotopic (exact) mass is 175 g/mol. The van der Waals surface area contributed by atoms with Crippen molar-refractivity contribution < 1.29 is 4.79 Å². The Kier molecular flexibility index (Phi) is 1.71. The maximum atomic E-state index is 10.2. The van der Waals surface area contributed by atoms with Crippen LogP contribution in [0.3, 0.4) is 0 Å². The zero-order chi connectivity index (χ0) is 9.31. The zero-order valence-electron chi connectivity index (χ0n) is 7.32. The molecule has 0 spiro atoms. The quantitative estimate of drug-likeness (QED) is 0.499. The van der Waals surface area contributed by atoms with Crippen LogP contribution in [-0.4, -0.2) is 16.0 Å². The van der Waals surface area contributed by atoms with Crippen LogP contribution in [0.1, 0.15) is 24.2 Å². The Labute approximate surface area is 75.7 Å². The standard InChI is InChI=1S/C9H9N3O/c1-7-8(11-5-4-10-7)9(2-3-9)12-6-13/h4-5H,2-3H2,1H3. The van der Waals surface area contributed by atoms with Crippen molar-refractivity contribution >= 4 is 6.08 Å². The number of carbonyl (C=O) groups excluding carboxylic acids is 1. The lowest BCUT2D eigenvalue weighted by Gasteiger charge is -2.07. The molecule has 1 aliphatic carbocycles. The summed E-state index contributed by atoms with van der Waals surface area (Å²) in [6.45, 7) is 1.88. The van der Waals surface area contributed by atoms with Gasteiger partial charge >= 0.3 is 0 Å².